The van der Waals surface area contributed by atoms with Gasteiger partial charge in [-0.15, -0.1) is 0 Å². The predicted octanol–water partition coefficient (Wildman–Crippen LogP) is 4.73. The van der Waals surface area contributed by atoms with Crippen molar-refractivity contribution in [3.63, 3.8) is 0 Å². The van der Waals surface area contributed by atoms with Crippen LogP contribution in [0.4, 0.5) is 11.4 Å². The van der Waals surface area contributed by atoms with Gasteiger partial charge in [0.05, 0.1) is 15.0 Å². The number of phenolic OH excluding ortho intramolecular Hbond substituents is 1. The van der Waals surface area contributed by atoms with Crippen LogP contribution in [0.3, 0.4) is 0 Å². The first-order valence-corrected chi connectivity index (χ1v) is 7.69. The average molecular weight is 450 g/mol. The highest BCUT2D eigenvalue weighted by atomic mass is 79.9. The van der Waals surface area contributed by atoms with E-state index in [1.807, 2.05) is 0 Å². The van der Waals surface area contributed by atoms with E-state index in [0.717, 1.165) is 6.07 Å². The molecule has 0 bridgehead atoms. The number of nitro groups is 1. The number of nitrogens with one attached hydrogen (secondary N) is 1. The van der Waals surface area contributed by atoms with Crippen LogP contribution in [0.15, 0.2) is 39.3 Å². The second-order valence-corrected chi connectivity index (χ2v) is 6.34. The minimum atomic E-state index is -0.648. The summed E-state index contributed by atoms with van der Waals surface area (Å²) in [6, 6.07) is 6.90. The number of nitrogens with zero attached hydrogens (tertiary/aromatic N) is 1. The zero-order chi connectivity index (χ0) is 16.4. The van der Waals surface area contributed by atoms with Crippen LogP contribution in [0.2, 0.25) is 5.02 Å². The van der Waals surface area contributed by atoms with E-state index in [1.54, 1.807) is 6.07 Å². The largest absolute Gasteiger partial charge is 0.506 e. The van der Waals surface area contributed by atoms with Crippen LogP contribution in [-0.2, 0) is 0 Å². The molecule has 0 fully saturated rings. The molecule has 0 aromatic heterocycles. The highest BCUT2D eigenvalue weighted by molar-refractivity contribution is 9.11. The molecule has 0 aliphatic heterocycles. The molecule has 0 atom stereocenters. The van der Waals surface area contributed by atoms with Gasteiger partial charge in [-0.25, -0.2) is 0 Å². The van der Waals surface area contributed by atoms with Crippen LogP contribution in [0, 0.1) is 10.1 Å². The third-order valence-electron chi connectivity index (χ3n) is 2.67. The molecule has 0 saturated carbocycles. The first kappa shape index (κ1) is 16.7. The molecule has 6 nitrogen and oxygen atoms in total. The molecular formula is C13H7Br2ClN2O4. The van der Waals surface area contributed by atoms with E-state index in [2.05, 4.69) is 37.2 Å². The van der Waals surface area contributed by atoms with E-state index >= 15 is 0 Å². The maximum atomic E-state index is 12.2. The van der Waals surface area contributed by atoms with E-state index < -0.39 is 10.8 Å². The number of nitro benzene ring substituents is 1. The van der Waals surface area contributed by atoms with Crippen molar-refractivity contribution in [1.82, 2.24) is 0 Å². The van der Waals surface area contributed by atoms with Gasteiger partial charge in [0.1, 0.15) is 10.8 Å². The number of amides is 1. The van der Waals surface area contributed by atoms with E-state index in [9.17, 15) is 20.0 Å². The number of phenols is 1. The molecule has 0 radical (unpaired) electrons. The molecule has 114 valence electrons. The van der Waals surface area contributed by atoms with Gasteiger partial charge < -0.3 is 10.4 Å². The van der Waals surface area contributed by atoms with Gasteiger partial charge in [-0.1, -0.05) is 27.5 Å². The van der Waals surface area contributed by atoms with Crippen molar-refractivity contribution in [2.75, 3.05) is 5.32 Å². The number of carbonyl (C=O) groups is 1. The number of hydrogen-bond acceptors (Lipinski definition) is 4. The Morgan fingerprint density at radius 3 is 2.59 bits per heavy atom. The lowest BCUT2D eigenvalue weighted by atomic mass is 10.2. The van der Waals surface area contributed by atoms with E-state index in [4.69, 9.17) is 11.6 Å². The monoisotopic (exact) mass is 448 g/mol. The Morgan fingerprint density at radius 1 is 1.27 bits per heavy atom. The van der Waals surface area contributed by atoms with Crippen molar-refractivity contribution < 1.29 is 14.8 Å². The van der Waals surface area contributed by atoms with Gasteiger partial charge in [0.15, 0.2) is 0 Å². The molecular weight excluding hydrogens is 443 g/mol. The van der Waals surface area contributed by atoms with Gasteiger partial charge in [-0.05, 0) is 40.2 Å². The summed E-state index contributed by atoms with van der Waals surface area (Å²) in [5.74, 6) is -0.847. The van der Waals surface area contributed by atoms with Gasteiger partial charge in [-0.2, -0.15) is 0 Å². The molecule has 9 heteroatoms. The molecule has 2 aromatic rings. The third-order valence-corrected chi connectivity index (χ3v) is 4.06. The van der Waals surface area contributed by atoms with Crippen LogP contribution in [-0.4, -0.2) is 15.9 Å². The Morgan fingerprint density at radius 2 is 1.95 bits per heavy atom. The minimum Gasteiger partial charge on any atom is -0.506 e. The minimum absolute atomic E-state index is 0.0128. The summed E-state index contributed by atoms with van der Waals surface area (Å²) in [5, 5.41) is 23.2. The molecule has 22 heavy (non-hydrogen) atoms. The average Bonchev–Trinajstić information content (AvgIpc) is 2.44. The van der Waals surface area contributed by atoms with Gasteiger partial charge in [0, 0.05) is 16.2 Å². The third kappa shape index (κ3) is 3.57. The molecule has 0 unspecified atom stereocenters. The summed E-state index contributed by atoms with van der Waals surface area (Å²) in [6.45, 7) is 0. The fourth-order valence-electron chi connectivity index (χ4n) is 1.67. The number of anilines is 1. The number of aromatic hydroxyl groups is 1. The molecule has 2 N–H and O–H groups in total. The summed E-state index contributed by atoms with van der Waals surface area (Å²) in [6.07, 6.45) is 0. The lowest BCUT2D eigenvalue weighted by Gasteiger charge is -2.09. The van der Waals surface area contributed by atoms with Crippen molar-refractivity contribution in [2.24, 2.45) is 0 Å². The van der Waals surface area contributed by atoms with Crippen molar-refractivity contribution >= 4 is 60.7 Å². The zero-order valence-corrected chi connectivity index (χ0v) is 14.6. The first-order chi connectivity index (χ1) is 10.3. The summed E-state index contributed by atoms with van der Waals surface area (Å²) in [7, 11) is 0. The summed E-state index contributed by atoms with van der Waals surface area (Å²) in [4.78, 5) is 22.4. The van der Waals surface area contributed by atoms with Crippen LogP contribution in [0.5, 0.6) is 5.75 Å². The lowest BCUT2D eigenvalue weighted by Crippen LogP contribution is -2.12. The standard InChI is InChI=1S/C13H7Br2ClN2O4/c14-6-3-8(12(19)9(15)4-6)13(20)17-7-1-2-10(16)11(5-7)18(21)22/h1-5,19H,(H,17,20). The number of carbonyl (C=O) groups excluding carboxylic acids is 1. The van der Waals surface area contributed by atoms with Crippen molar-refractivity contribution in [2.45, 2.75) is 0 Å². The molecule has 0 aliphatic carbocycles. The molecule has 0 spiro atoms. The number of halogens is 3. The Kier molecular flexibility index (Phi) is 5.05. The summed E-state index contributed by atoms with van der Waals surface area (Å²) >= 11 is 12.0. The Labute approximate surface area is 146 Å². The zero-order valence-electron chi connectivity index (χ0n) is 10.6. The molecule has 2 rings (SSSR count). The van der Waals surface area contributed by atoms with Gasteiger partial charge in [0.2, 0.25) is 0 Å². The van der Waals surface area contributed by atoms with Crippen LogP contribution < -0.4 is 5.32 Å². The quantitative estimate of drug-likeness (QED) is 0.522. The maximum absolute atomic E-state index is 12.2. The van der Waals surface area contributed by atoms with Crippen LogP contribution in [0.25, 0.3) is 0 Å². The Balaban J connectivity index is 2.34. The Hall–Kier alpha value is -1.64. The summed E-state index contributed by atoms with van der Waals surface area (Å²) < 4.78 is 0.929. The van der Waals surface area contributed by atoms with Gasteiger partial charge >= 0.3 is 0 Å². The van der Waals surface area contributed by atoms with Crippen LogP contribution in [0.1, 0.15) is 10.4 Å². The van der Waals surface area contributed by atoms with Crippen molar-refractivity contribution in [1.29, 1.82) is 0 Å². The number of rotatable bonds is 3. The van der Waals surface area contributed by atoms with Crippen LogP contribution >= 0.6 is 43.5 Å². The fraction of sp³-hybridized carbons (Fsp3) is 0. The molecule has 2 aromatic carbocycles. The highest BCUT2D eigenvalue weighted by Crippen LogP contribution is 2.33. The number of benzene rings is 2. The predicted molar refractivity (Wildman–Crippen MR) is 89.6 cm³/mol. The SMILES string of the molecule is O=C(Nc1ccc(Cl)c([N+](=O)[O-])c1)c1cc(Br)cc(Br)c1O. The fourth-order valence-corrected chi connectivity index (χ4v) is 3.08. The topological polar surface area (TPSA) is 92.5 Å². The second-order valence-electron chi connectivity index (χ2n) is 4.16. The van der Waals surface area contributed by atoms with Gasteiger partial charge in [-0.3, -0.25) is 14.9 Å². The second kappa shape index (κ2) is 6.64. The smallest absolute Gasteiger partial charge is 0.289 e. The normalized spacial score (nSPS) is 10.3. The highest BCUT2D eigenvalue weighted by Gasteiger charge is 2.18. The van der Waals surface area contributed by atoms with Crippen molar-refractivity contribution in [3.8, 4) is 5.75 Å². The van der Waals surface area contributed by atoms with Crippen molar-refractivity contribution in [3.05, 3.63) is 60.0 Å². The van der Waals surface area contributed by atoms with Gasteiger partial charge in [0.25, 0.3) is 11.6 Å². The number of hydrogen-bond donors (Lipinski definition) is 2. The molecule has 0 saturated heterocycles. The summed E-state index contributed by atoms with van der Waals surface area (Å²) in [5.41, 5.74) is -0.116. The lowest BCUT2D eigenvalue weighted by molar-refractivity contribution is -0.384. The maximum Gasteiger partial charge on any atom is 0.289 e. The van der Waals surface area contributed by atoms with E-state index in [1.165, 1.54) is 18.2 Å². The Bertz CT molecular complexity index is 783. The molecule has 1 amide bonds. The van der Waals surface area contributed by atoms with E-state index in [0.29, 0.717) is 8.95 Å². The molecule has 0 heterocycles. The van der Waals surface area contributed by atoms with E-state index in [-0.39, 0.29) is 27.7 Å². The first-order valence-electron chi connectivity index (χ1n) is 5.73. The molecule has 0 aliphatic rings.